The smallest absolute Gasteiger partial charge is 0.243 e. The van der Waals surface area contributed by atoms with Crippen molar-refractivity contribution in [2.45, 2.75) is 44.2 Å². The molecule has 29 heavy (non-hydrogen) atoms. The Morgan fingerprint density at radius 2 is 2.07 bits per heavy atom. The molecule has 0 aliphatic carbocycles. The van der Waals surface area contributed by atoms with E-state index in [9.17, 15) is 8.42 Å². The topological polar surface area (TPSA) is 77.9 Å². The molecule has 1 aromatic heterocycles. The number of aliphatic imine (C=N–C) groups is 1. The summed E-state index contributed by atoms with van der Waals surface area (Å²) in [7, 11) is 0.272. The van der Waals surface area contributed by atoms with E-state index in [1.54, 1.807) is 40.9 Å². The lowest BCUT2D eigenvalue weighted by Gasteiger charge is -2.26. The molecule has 1 aliphatic rings. The monoisotopic (exact) mass is 435 g/mol. The van der Waals surface area contributed by atoms with Crippen LogP contribution in [0, 0.1) is 6.92 Å². The molecule has 2 aromatic rings. The highest BCUT2D eigenvalue weighted by Crippen LogP contribution is 2.21. The van der Waals surface area contributed by atoms with E-state index in [4.69, 9.17) is 0 Å². The number of nitrogens with one attached hydrogen (secondary N) is 1. The Hall–Kier alpha value is -1.97. The molecule has 0 amide bonds. The Balaban J connectivity index is 1.64. The van der Waals surface area contributed by atoms with Crippen LogP contribution in [0.3, 0.4) is 0 Å². The highest BCUT2D eigenvalue weighted by molar-refractivity contribution is 7.89. The van der Waals surface area contributed by atoms with Crippen LogP contribution < -0.4 is 5.32 Å². The molecule has 7 nitrogen and oxygen atoms in total. The number of aromatic nitrogens is 1. The third-order valence-corrected chi connectivity index (χ3v) is 7.66. The SMILES string of the molecule is CN=C(NCc1cccc(S(=O)(=O)N2CCCCC2)c1)N(C)Cc1csc(C)n1. The van der Waals surface area contributed by atoms with E-state index in [1.165, 1.54) is 0 Å². The second-order valence-electron chi connectivity index (χ2n) is 7.23. The van der Waals surface area contributed by atoms with Crippen molar-refractivity contribution in [2.24, 2.45) is 4.99 Å². The van der Waals surface area contributed by atoms with Crippen LogP contribution in [-0.4, -0.2) is 55.8 Å². The predicted molar refractivity (Wildman–Crippen MR) is 118 cm³/mol. The maximum atomic E-state index is 12.9. The number of benzene rings is 1. The van der Waals surface area contributed by atoms with Crippen molar-refractivity contribution < 1.29 is 8.42 Å². The van der Waals surface area contributed by atoms with E-state index in [0.29, 0.717) is 31.1 Å². The average Bonchev–Trinajstić information content (AvgIpc) is 3.14. The van der Waals surface area contributed by atoms with Gasteiger partial charge in [-0.05, 0) is 37.5 Å². The molecule has 2 heterocycles. The molecule has 0 unspecified atom stereocenters. The van der Waals surface area contributed by atoms with Crippen LogP contribution in [0.5, 0.6) is 0 Å². The molecule has 1 N–H and O–H groups in total. The van der Waals surface area contributed by atoms with E-state index >= 15 is 0 Å². The summed E-state index contributed by atoms with van der Waals surface area (Å²) < 4.78 is 27.4. The molecule has 3 rings (SSSR count). The Kier molecular flexibility index (Phi) is 7.26. The highest BCUT2D eigenvalue weighted by atomic mass is 32.2. The fourth-order valence-electron chi connectivity index (χ4n) is 3.43. The zero-order valence-electron chi connectivity index (χ0n) is 17.3. The van der Waals surface area contributed by atoms with Gasteiger partial charge in [0.15, 0.2) is 5.96 Å². The van der Waals surface area contributed by atoms with Crippen molar-refractivity contribution in [1.29, 1.82) is 0 Å². The number of hydrogen-bond donors (Lipinski definition) is 1. The van der Waals surface area contributed by atoms with Crippen LogP contribution in [0.15, 0.2) is 39.5 Å². The third-order valence-electron chi connectivity index (χ3n) is 4.94. The summed E-state index contributed by atoms with van der Waals surface area (Å²) in [6.45, 7) is 4.37. The molecule has 0 radical (unpaired) electrons. The normalized spacial score (nSPS) is 16.0. The lowest BCUT2D eigenvalue weighted by atomic mass is 10.2. The van der Waals surface area contributed by atoms with Crippen molar-refractivity contribution in [2.75, 3.05) is 27.2 Å². The molecule has 9 heteroatoms. The number of hydrogen-bond acceptors (Lipinski definition) is 5. The number of nitrogens with zero attached hydrogens (tertiary/aromatic N) is 4. The molecule has 0 saturated carbocycles. The fraction of sp³-hybridized carbons (Fsp3) is 0.500. The van der Waals surface area contributed by atoms with Gasteiger partial charge in [-0.15, -0.1) is 11.3 Å². The van der Waals surface area contributed by atoms with E-state index in [0.717, 1.165) is 41.5 Å². The van der Waals surface area contributed by atoms with Crippen LogP contribution in [0.4, 0.5) is 0 Å². The zero-order chi connectivity index (χ0) is 20.9. The third kappa shape index (κ3) is 5.55. The lowest BCUT2D eigenvalue weighted by Crippen LogP contribution is -2.38. The first-order valence-electron chi connectivity index (χ1n) is 9.82. The van der Waals surface area contributed by atoms with Crippen molar-refractivity contribution >= 4 is 27.3 Å². The molecule has 0 bridgehead atoms. The second-order valence-corrected chi connectivity index (χ2v) is 10.2. The first-order chi connectivity index (χ1) is 13.9. The standard InChI is InChI=1S/C20H29N5O2S2/c1-16-23-18(15-28-16)14-24(3)20(21-2)22-13-17-8-7-9-19(12-17)29(26,27)25-10-5-4-6-11-25/h7-9,12,15H,4-6,10-11,13-14H2,1-3H3,(H,21,22). The number of piperidine rings is 1. The number of thiazole rings is 1. The van der Waals surface area contributed by atoms with Crippen molar-refractivity contribution in [3.8, 4) is 0 Å². The molecular weight excluding hydrogens is 406 g/mol. The Morgan fingerprint density at radius 3 is 2.72 bits per heavy atom. The van der Waals surface area contributed by atoms with Crippen molar-refractivity contribution in [1.82, 2.24) is 19.5 Å². The van der Waals surface area contributed by atoms with Gasteiger partial charge >= 0.3 is 0 Å². The number of guanidine groups is 1. The van der Waals surface area contributed by atoms with Gasteiger partial charge in [-0.25, -0.2) is 13.4 Å². The van der Waals surface area contributed by atoms with Gasteiger partial charge in [-0.3, -0.25) is 4.99 Å². The first-order valence-corrected chi connectivity index (χ1v) is 12.1. The van der Waals surface area contributed by atoms with E-state index in [1.807, 2.05) is 30.3 Å². The van der Waals surface area contributed by atoms with Gasteiger partial charge < -0.3 is 10.2 Å². The Bertz CT molecular complexity index is 949. The van der Waals surface area contributed by atoms with E-state index < -0.39 is 10.0 Å². The quantitative estimate of drug-likeness (QED) is 0.558. The molecule has 0 atom stereocenters. The van der Waals surface area contributed by atoms with Crippen LogP contribution in [0.2, 0.25) is 0 Å². The highest BCUT2D eigenvalue weighted by Gasteiger charge is 2.25. The summed E-state index contributed by atoms with van der Waals surface area (Å²) in [5, 5.41) is 6.41. The number of sulfonamides is 1. The largest absolute Gasteiger partial charge is 0.352 e. The van der Waals surface area contributed by atoms with Crippen LogP contribution >= 0.6 is 11.3 Å². The second kappa shape index (κ2) is 9.69. The summed E-state index contributed by atoms with van der Waals surface area (Å²) in [4.78, 5) is 11.2. The molecule has 1 aliphatic heterocycles. The summed E-state index contributed by atoms with van der Waals surface area (Å²) >= 11 is 1.63. The minimum atomic E-state index is -3.43. The summed E-state index contributed by atoms with van der Waals surface area (Å²) in [6, 6.07) is 7.17. The number of rotatable bonds is 6. The first kappa shape index (κ1) is 21.7. The molecular formula is C20H29N5O2S2. The summed E-state index contributed by atoms with van der Waals surface area (Å²) in [5.74, 6) is 0.736. The van der Waals surface area contributed by atoms with Gasteiger partial charge in [0, 0.05) is 39.1 Å². The fourth-order valence-corrected chi connectivity index (χ4v) is 5.63. The van der Waals surface area contributed by atoms with Crippen molar-refractivity contribution in [3.05, 3.63) is 45.9 Å². The number of aryl methyl sites for hydroxylation is 1. The van der Waals surface area contributed by atoms with Crippen LogP contribution in [0.25, 0.3) is 0 Å². The lowest BCUT2D eigenvalue weighted by molar-refractivity contribution is 0.346. The van der Waals surface area contributed by atoms with Crippen LogP contribution in [0.1, 0.15) is 35.5 Å². The molecule has 0 spiro atoms. The molecule has 1 fully saturated rings. The zero-order valence-corrected chi connectivity index (χ0v) is 18.9. The van der Waals surface area contributed by atoms with Gasteiger partial charge in [0.1, 0.15) is 0 Å². The average molecular weight is 436 g/mol. The summed E-state index contributed by atoms with van der Waals surface area (Å²) in [5.41, 5.74) is 1.91. The molecule has 1 saturated heterocycles. The maximum Gasteiger partial charge on any atom is 0.243 e. The maximum absolute atomic E-state index is 12.9. The Labute approximate surface area is 177 Å². The van der Waals surface area contributed by atoms with Gasteiger partial charge in [-0.2, -0.15) is 4.31 Å². The molecule has 1 aromatic carbocycles. The molecule has 158 valence electrons. The minimum absolute atomic E-state index is 0.361. The minimum Gasteiger partial charge on any atom is -0.352 e. The van der Waals surface area contributed by atoms with Crippen LogP contribution in [-0.2, 0) is 23.1 Å². The van der Waals surface area contributed by atoms with Gasteiger partial charge in [0.25, 0.3) is 0 Å². The summed E-state index contributed by atoms with van der Waals surface area (Å²) in [6.07, 6.45) is 2.96. The van der Waals surface area contributed by atoms with E-state index in [2.05, 4.69) is 15.3 Å². The van der Waals surface area contributed by atoms with Gasteiger partial charge in [0.2, 0.25) is 10.0 Å². The van der Waals surface area contributed by atoms with Crippen molar-refractivity contribution in [3.63, 3.8) is 0 Å². The van der Waals surface area contributed by atoms with E-state index in [-0.39, 0.29) is 0 Å². The predicted octanol–water partition coefficient (Wildman–Crippen LogP) is 2.83. The van der Waals surface area contributed by atoms with Gasteiger partial charge in [-0.1, -0.05) is 18.6 Å². The van der Waals surface area contributed by atoms with Gasteiger partial charge in [0.05, 0.1) is 22.1 Å². The Morgan fingerprint density at radius 1 is 1.31 bits per heavy atom.